The Morgan fingerprint density at radius 2 is 1.52 bits per heavy atom. The van der Waals surface area contributed by atoms with Gasteiger partial charge in [-0.05, 0) is 80.8 Å². The lowest BCUT2D eigenvalue weighted by Gasteiger charge is -2.38. The average molecular weight is 457 g/mol. The molecule has 0 saturated carbocycles. The fraction of sp³-hybridized carbons (Fsp3) is 0.500. The molecule has 0 amide bonds. The maximum Gasteiger partial charge on any atom is 0.416 e. The maximum absolute atomic E-state index is 12.8. The minimum atomic E-state index is -4.28. The summed E-state index contributed by atoms with van der Waals surface area (Å²) in [6.07, 6.45) is -0.895. The summed E-state index contributed by atoms with van der Waals surface area (Å²) < 4.78 is 38.4. The molecule has 2 fully saturated rings. The Morgan fingerprint density at radius 3 is 2.21 bits per heavy atom. The molecule has 7 heteroatoms. The minimum Gasteiger partial charge on any atom is -0.299 e. The molecule has 4 rings (SSSR count). The number of hydrogen-bond donors (Lipinski definition) is 0. The van der Waals surface area contributed by atoms with Gasteiger partial charge in [-0.2, -0.15) is 18.4 Å². The molecule has 0 atom stereocenters. The van der Waals surface area contributed by atoms with Crippen LogP contribution in [0, 0.1) is 11.3 Å². The van der Waals surface area contributed by atoms with E-state index in [2.05, 4.69) is 26.8 Å². The summed E-state index contributed by atoms with van der Waals surface area (Å²) in [6.45, 7) is 7.73. The van der Waals surface area contributed by atoms with E-state index in [0.717, 1.165) is 70.6 Å². The van der Waals surface area contributed by atoms with Gasteiger partial charge in [0, 0.05) is 32.2 Å². The van der Waals surface area contributed by atoms with E-state index >= 15 is 0 Å². The first kappa shape index (κ1) is 23.7. The second kappa shape index (κ2) is 10.7. The van der Waals surface area contributed by atoms with E-state index in [0.29, 0.717) is 18.2 Å². The average Bonchev–Trinajstić information content (AvgIpc) is 3.05. The Morgan fingerprint density at radius 1 is 0.818 bits per heavy atom. The highest BCUT2D eigenvalue weighted by molar-refractivity contribution is 5.32. The molecule has 2 aromatic carbocycles. The molecule has 0 aromatic heterocycles. The van der Waals surface area contributed by atoms with Crippen molar-refractivity contribution in [2.45, 2.75) is 44.6 Å². The van der Waals surface area contributed by atoms with E-state index in [-0.39, 0.29) is 0 Å². The fourth-order valence-corrected chi connectivity index (χ4v) is 5.01. The lowest BCUT2D eigenvalue weighted by atomic mass is 10.0. The van der Waals surface area contributed by atoms with Crippen LogP contribution in [0.1, 0.15) is 41.5 Å². The predicted molar refractivity (Wildman–Crippen MR) is 122 cm³/mol. The summed E-state index contributed by atoms with van der Waals surface area (Å²) in [5.74, 6) is 0. The number of hydrogen-bond acceptors (Lipinski definition) is 4. The largest absolute Gasteiger partial charge is 0.416 e. The summed E-state index contributed by atoms with van der Waals surface area (Å²) in [7, 11) is 0. The zero-order valence-electron chi connectivity index (χ0n) is 18.9. The standard InChI is InChI=1S/C26H31F3N4/c27-26(28,29)24-7-5-21(6-8-24)19-31-11-2-12-33(16-15-31)25-9-13-32(14-10-25)20-23-4-1-3-22(17-23)18-30/h1,3-8,17,25H,2,9-16,19-20H2. The van der Waals surface area contributed by atoms with Gasteiger partial charge in [-0.3, -0.25) is 14.7 Å². The van der Waals surface area contributed by atoms with E-state index in [4.69, 9.17) is 5.26 Å². The van der Waals surface area contributed by atoms with Crippen molar-refractivity contribution < 1.29 is 13.2 Å². The number of benzene rings is 2. The Hall–Kier alpha value is -2.40. The van der Waals surface area contributed by atoms with Crippen LogP contribution in [0.4, 0.5) is 13.2 Å². The summed E-state index contributed by atoms with van der Waals surface area (Å²) in [4.78, 5) is 7.45. The first-order chi connectivity index (χ1) is 15.9. The van der Waals surface area contributed by atoms with Crippen molar-refractivity contribution in [3.05, 3.63) is 70.8 Å². The van der Waals surface area contributed by atoms with Crippen molar-refractivity contribution in [3.63, 3.8) is 0 Å². The van der Waals surface area contributed by atoms with Gasteiger partial charge >= 0.3 is 6.18 Å². The van der Waals surface area contributed by atoms with Crippen LogP contribution in [-0.4, -0.2) is 60.0 Å². The molecular formula is C26H31F3N4. The van der Waals surface area contributed by atoms with Crippen LogP contribution < -0.4 is 0 Å². The number of likely N-dealkylation sites (tertiary alicyclic amines) is 1. The molecule has 0 N–H and O–H groups in total. The van der Waals surface area contributed by atoms with Crippen LogP contribution in [-0.2, 0) is 19.3 Å². The number of nitrogens with zero attached hydrogens (tertiary/aromatic N) is 4. The normalized spacial score (nSPS) is 19.8. The molecule has 2 aliphatic rings. The maximum atomic E-state index is 12.8. The Bertz CT molecular complexity index is 943. The van der Waals surface area contributed by atoms with Gasteiger partial charge in [0.25, 0.3) is 0 Å². The van der Waals surface area contributed by atoms with E-state index in [1.165, 1.54) is 17.7 Å². The zero-order valence-corrected chi connectivity index (χ0v) is 18.9. The van der Waals surface area contributed by atoms with Crippen molar-refractivity contribution in [2.24, 2.45) is 0 Å². The van der Waals surface area contributed by atoms with Gasteiger partial charge in [-0.25, -0.2) is 0 Å². The van der Waals surface area contributed by atoms with Gasteiger partial charge in [-0.15, -0.1) is 0 Å². The molecular weight excluding hydrogens is 425 g/mol. The van der Waals surface area contributed by atoms with Crippen LogP contribution in [0.25, 0.3) is 0 Å². The fourth-order valence-electron chi connectivity index (χ4n) is 5.01. The lowest BCUT2D eigenvalue weighted by molar-refractivity contribution is -0.137. The van der Waals surface area contributed by atoms with Crippen LogP contribution in [0.5, 0.6) is 0 Å². The molecule has 2 saturated heterocycles. The quantitative estimate of drug-likeness (QED) is 0.650. The van der Waals surface area contributed by atoms with Crippen molar-refractivity contribution in [1.29, 1.82) is 5.26 Å². The molecule has 2 aliphatic heterocycles. The molecule has 176 valence electrons. The van der Waals surface area contributed by atoms with Gasteiger partial charge < -0.3 is 0 Å². The van der Waals surface area contributed by atoms with E-state index in [9.17, 15) is 13.2 Å². The first-order valence-corrected chi connectivity index (χ1v) is 11.7. The van der Waals surface area contributed by atoms with E-state index in [1.807, 2.05) is 18.2 Å². The molecule has 4 nitrogen and oxygen atoms in total. The van der Waals surface area contributed by atoms with Crippen molar-refractivity contribution >= 4 is 0 Å². The van der Waals surface area contributed by atoms with Gasteiger partial charge in [0.05, 0.1) is 17.2 Å². The minimum absolute atomic E-state index is 0.586. The summed E-state index contributed by atoms with van der Waals surface area (Å²) in [6, 6.07) is 16.3. The second-order valence-corrected chi connectivity index (χ2v) is 9.18. The molecule has 0 aliphatic carbocycles. The first-order valence-electron chi connectivity index (χ1n) is 11.7. The topological polar surface area (TPSA) is 33.5 Å². The number of halogens is 3. The third-order valence-electron chi connectivity index (χ3n) is 6.85. The van der Waals surface area contributed by atoms with Crippen LogP contribution >= 0.6 is 0 Å². The summed E-state index contributed by atoms with van der Waals surface area (Å²) in [5, 5.41) is 9.10. The number of alkyl halides is 3. The number of nitriles is 1. The molecule has 0 bridgehead atoms. The summed E-state index contributed by atoms with van der Waals surface area (Å²) >= 11 is 0. The highest BCUT2D eigenvalue weighted by Crippen LogP contribution is 2.29. The third kappa shape index (κ3) is 6.57. The highest BCUT2D eigenvalue weighted by Gasteiger charge is 2.30. The second-order valence-electron chi connectivity index (χ2n) is 9.18. The molecule has 0 radical (unpaired) electrons. The van der Waals surface area contributed by atoms with E-state index in [1.54, 1.807) is 12.1 Å². The smallest absolute Gasteiger partial charge is 0.299 e. The van der Waals surface area contributed by atoms with Crippen molar-refractivity contribution in [1.82, 2.24) is 14.7 Å². The molecule has 0 unspecified atom stereocenters. The molecule has 0 spiro atoms. The molecule has 33 heavy (non-hydrogen) atoms. The third-order valence-corrected chi connectivity index (χ3v) is 6.85. The Labute approximate surface area is 194 Å². The zero-order chi connectivity index (χ0) is 23.3. The molecule has 2 aromatic rings. The summed E-state index contributed by atoms with van der Waals surface area (Å²) in [5.41, 5.74) is 2.26. The van der Waals surface area contributed by atoms with Crippen LogP contribution in [0.15, 0.2) is 48.5 Å². The van der Waals surface area contributed by atoms with Gasteiger partial charge in [0.1, 0.15) is 0 Å². The van der Waals surface area contributed by atoms with Gasteiger partial charge in [-0.1, -0.05) is 24.3 Å². The molecule has 2 heterocycles. The lowest BCUT2D eigenvalue weighted by Crippen LogP contribution is -2.45. The highest BCUT2D eigenvalue weighted by atomic mass is 19.4. The van der Waals surface area contributed by atoms with Crippen LogP contribution in [0.2, 0.25) is 0 Å². The number of rotatable bonds is 5. The SMILES string of the molecule is N#Cc1cccc(CN2CCC(N3CCCN(Cc4ccc(C(F)(F)F)cc4)CC3)CC2)c1. The van der Waals surface area contributed by atoms with Crippen molar-refractivity contribution in [3.8, 4) is 6.07 Å². The van der Waals surface area contributed by atoms with Crippen LogP contribution in [0.3, 0.4) is 0 Å². The van der Waals surface area contributed by atoms with Gasteiger partial charge in [0.15, 0.2) is 0 Å². The van der Waals surface area contributed by atoms with Crippen molar-refractivity contribution in [2.75, 3.05) is 39.3 Å². The predicted octanol–water partition coefficient (Wildman–Crippen LogP) is 4.75. The monoisotopic (exact) mass is 456 g/mol. The Kier molecular flexibility index (Phi) is 7.69. The number of piperidine rings is 1. The van der Waals surface area contributed by atoms with E-state index < -0.39 is 11.7 Å². The van der Waals surface area contributed by atoms with Gasteiger partial charge in [0.2, 0.25) is 0 Å². The Balaban J connectivity index is 1.23.